The van der Waals surface area contributed by atoms with Crippen LogP contribution in [-0.4, -0.2) is 12.1 Å². The summed E-state index contributed by atoms with van der Waals surface area (Å²) in [4.78, 5) is 0. The van der Waals surface area contributed by atoms with Gasteiger partial charge < -0.3 is 9.47 Å². The van der Waals surface area contributed by atoms with E-state index in [2.05, 4.69) is 62.4 Å². The average Bonchev–Trinajstić information content (AvgIpc) is 2.92. The number of allylic oxidation sites excluding steroid dienone is 3. The van der Waals surface area contributed by atoms with Gasteiger partial charge in [-0.1, -0.05) is 68.5 Å². The van der Waals surface area contributed by atoms with E-state index in [1.807, 2.05) is 36.4 Å². The molecule has 3 N–H and O–H groups in total. The Morgan fingerprint density at radius 1 is 0.971 bits per heavy atom. The van der Waals surface area contributed by atoms with Crippen LogP contribution < -0.4 is 10.5 Å². The fourth-order valence-corrected chi connectivity index (χ4v) is 5.37. The van der Waals surface area contributed by atoms with Crippen LogP contribution in [0.2, 0.25) is 0 Å². The van der Waals surface area contributed by atoms with E-state index in [9.17, 15) is 0 Å². The molecular formula is C31H32N2O2. The number of hydrogen-bond donors (Lipinski definition) is 2. The molecule has 1 unspecified atom stereocenters. The first-order valence-electron chi connectivity index (χ1n) is 12.4. The molecule has 5 rings (SSSR count). The highest BCUT2D eigenvalue weighted by molar-refractivity contribution is 5.93. The first-order chi connectivity index (χ1) is 17.1. The van der Waals surface area contributed by atoms with Crippen LogP contribution in [0.25, 0.3) is 11.1 Å². The average molecular weight is 465 g/mol. The SMILES string of the molecule is CCC1(CC)c2ccccc2Oc2ccc(-c3cccc(C(=N)OC(N)C4=CC=CCC4)c3)cc21. The van der Waals surface area contributed by atoms with Gasteiger partial charge in [0.1, 0.15) is 11.5 Å². The van der Waals surface area contributed by atoms with Crippen molar-refractivity contribution in [1.82, 2.24) is 0 Å². The zero-order valence-electron chi connectivity index (χ0n) is 20.4. The number of nitrogens with two attached hydrogens (primary N) is 1. The topological polar surface area (TPSA) is 68.3 Å². The van der Waals surface area contributed by atoms with Gasteiger partial charge >= 0.3 is 0 Å². The van der Waals surface area contributed by atoms with Gasteiger partial charge in [0.25, 0.3) is 0 Å². The summed E-state index contributed by atoms with van der Waals surface area (Å²) in [5.41, 5.74) is 12.5. The molecule has 0 saturated carbocycles. The van der Waals surface area contributed by atoms with Gasteiger partial charge in [0.2, 0.25) is 5.90 Å². The zero-order valence-corrected chi connectivity index (χ0v) is 20.4. The lowest BCUT2D eigenvalue weighted by molar-refractivity contribution is 0.226. The lowest BCUT2D eigenvalue weighted by atomic mass is 9.68. The molecule has 0 amide bonds. The molecule has 35 heavy (non-hydrogen) atoms. The molecule has 0 spiro atoms. The molecule has 0 radical (unpaired) electrons. The Morgan fingerprint density at radius 2 is 1.74 bits per heavy atom. The minimum absolute atomic E-state index is 0.0847. The highest BCUT2D eigenvalue weighted by atomic mass is 16.5. The second-order valence-electron chi connectivity index (χ2n) is 9.26. The molecule has 0 aromatic heterocycles. The zero-order chi connectivity index (χ0) is 24.4. The second kappa shape index (κ2) is 9.55. The van der Waals surface area contributed by atoms with Crippen LogP contribution in [0.15, 0.2) is 90.5 Å². The van der Waals surface area contributed by atoms with Gasteiger partial charge in [0.05, 0.1) is 0 Å². The Hall–Kier alpha value is -3.63. The van der Waals surface area contributed by atoms with Crippen molar-refractivity contribution < 1.29 is 9.47 Å². The molecule has 1 aliphatic carbocycles. The molecule has 1 heterocycles. The Labute approximate surface area is 207 Å². The molecule has 4 nitrogen and oxygen atoms in total. The highest BCUT2D eigenvalue weighted by Crippen LogP contribution is 2.52. The number of fused-ring (bicyclic) bond motifs is 2. The molecule has 3 aromatic carbocycles. The standard InChI is InChI=1S/C31H32N2O2/c1-3-31(4-2)25-15-8-9-16-27(25)34-28-18-17-23(20-26(28)31)22-13-10-14-24(19-22)30(33)35-29(32)21-11-6-5-7-12-21/h5-6,8-11,13-20,29,33H,3-4,7,12,32H2,1-2H3. The van der Waals surface area contributed by atoms with Crippen molar-refractivity contribution >= 4 is 5.90 Å². The molecule has 2 aliphatic rings. The lowest BCUT2D eigenvalue weighted by Crippen LogP contribution is -2.30. The van der Waals surface area contributed by atoms with Crippen molar-refractivity contribution in [3.05, 3.63) is 107 Å². The number of ether oxygens (including phenoxy) is 2. The summed E-state index contributed by atoms with van der Waals surface area (Å²) in [6.45, 7) is 4.50. The molecule has 4 heteroatoms. The van der Waals surface area contributed by atoms with Gasteiger partial charge in [0.15, 0.2) is 6.23 Å². The summed E-state index contributed by atoms with van der Waals surface area (Å²) in [7, 11) is 0. The van der Waals surface area contributed by atoms with Crippen LogP contribution in [0.1, 0.15) is 56.2 Å². The van der Waals surface area contributed by atoms with E-state index < -0.39 is 6.23 Å². The Kier molecular flexibility index (Phi) is 6.31. The molecule has 1 atom stereocenters. The van der Waals surface area contributed by atoms with Crippen LogP contribution in [-0.2, 0) is 10.2 Å². The van der Waals surface area contributed by atoms with Gasteiger partial charge in [-0.2, -0.15) is 0 Å². The minimum atomic E-state index is -0.605. The molecule has 178 valence electrons. The van der Waals surface area contributed by atoms with E-state index in [-0.39, 0.29) is 11.3 Å². The van der Waals surface area contributed by atoms with Crippen molar-refractivity contribution in [3.8, 4) is 22.6 Å². The summed E-state index contributed by atoms with van der Waals surface area (Å²) in [5.74, 6) is 1.95. The van der Waals surface area contributed by atoms with Crippen molar-refractivity contribution in [2.45, 2.75) is 51.2 Å². The van der Waals surface area contributed by atoms with E-state index in [0.29, 0.717) is 5.56 Å². The van der Waals surface area contributed by atoms with Gasteiger partial charge in [-0.3, -0.25) is 11.1 Å². The quantitative estimate of drug-likeness (QED) is 0.226. The van der Waals surface area contributed by atoms with E-state index in [4.69, 9.17) is 20.6 Å². The third kappa shape index (κ3) is 4.19. The molecule has 0 saturated heterocycles. The second-order valence-corrected chi connectivity index (χ2v) is 9.26. The summed E-state index contributed by atoms with van der Waals surface area (Å²) < 4.78 is 12.1. The van der Waals surface area contributed by atoms with Crippen LogP contribution >= 0.6 is 0 Å². The van der Waals surface area contributed by atoms with Gasteiger partial charge in [0, 0.05) is 22.1 Å². The van der Waals surface area contributed by atoms with Gasteiger partial charge in [-0.15, -0.1) is 0 Å². The first kappa shape index (κ1) is 23.1. The Balaban J connectivity index is 1.46. The predicted octanol–water partition coefficient (Wildman–Crippen LogP) is 7.47. The summed E-state index contributed by atoms with van der Waals surface area (Å²) >= 11 is 0. The van der Waals surface area contributed by atoms with Crippen LogP contribution in [0.4, 0.5) is 0 Å². The van der Waals surface area contributed by atoms with Crippen molar-refractivity contribution in [3.63, 3.8) is 0 Å². The van der Waals surface area contributed by atoms with Crippen molar-refractivity contribution in [2.75, 3.05) is 0 Å². The van der Waals surface area contributed by atoms with E-state index in [1.165, 1.54) is 11.1 Å². The Bertz CT molecular complexity index is 1320. The largest absolute Gasteiger partial charge is 0.457 e. The first-order valence-corrected chi connectivity index (χ1v) is 12.4. The third-order valence-electron chi connectivity index (χ3n) is 7.44. The monoisotopic (exact) mass is 464 g/mol. The van der Waals surface area contributed by atoms with E-state index in [0.717, 1.165) is 53.9 Å². The lowest BCUT2D eigenvalue weighted by Gasteiger charge is -2.39. The number of hydrogen-bond acceptors (Lipinski definition) is 4. The highest BCUT2D eigenvalue weighted by Gasteiger charge is 2.39. The Morgan fingerprint density at radius 3 is 2.51 bits per heavy atom. The summed E-state index contributed by atoms with van der Waals surface area (Å²) in [6, 6.07) is 22.7. The maximum Gasteiger partial charge on any atom is 0.215 e. The van der Waals surface area contributed by atoms with Gasteiger partial charge in [-0.05, 0) is 72.7 Å². The maximum atomic E-state index is 8.53. The van der Waals surface area contributed by atoms with Crippen LogP contribution in [0.5, 0.6) is 11.5 Å². The number of rotatable bonds is 6. The summed E-state index contributed by atoms with van der Waals surface area (Å²) in [5, 5.41) is 8.53. The normalized spacial score (nSPS) is 16.4. The van der Waals surface area contributed by atoms with Crippen LogP contribution in [0.3, 0.4) is 0 Å². The van der Waals surface area contributed by atoms with Crippen LogP contribution in [0, 0.1) is 5.41 Å². The molecule has 1 aliphatic heterocycles. The third-order valence-corrected chi connectivity index (χ3v) is 7.44. The smallest absolute Gasteiger partial charge is 0.215 e. The molecular weight excluding hydrogens is 432 g/mol. The van der Waals surface area contributed by atoms with E-state index in [1.54, 1.807) is 0 Å². The van der Waals surface area contributed by atoms with Gasteiger partial charge in [-0.25, -0.2) is 0 Å². The molecule has 0 bridgehead atoms. The number of para-hydroxylation sites is 1. The van der Waals surface area contributed by atoms with Crippen molar-refractivity contribution in [2.24, 2.45) is 5.73 Å². The predicted molar refractivity (Wildman–Crippen MR) is 142 cm³/mol. The fourth-order valence-electron chi connectivity index (χ4n) is 5.37. The maximum absolute atomic E-state index is 8.53. The summed E-state index contributed by atoms with van der Waals surface area (Å²) in [6.07, 6.45) is 9.28. The number of benzene rings is 3. The minimum Gasteiger partial charge on any atom is -0.457 e. The molecule has 0 fully saturated rings. The molecule has 3 aromatic rings. The number of nitrogens with one attached hydrogen (secondary N) is 1. The fraction of sp³-hybridized carbons (Fsp3) is 0.258. The van der Waals surface area contributed by atoms with Crippen molar-refractivity contribution in [1.29, 1.82) is 5.41 Å². The van der Waals surface area contributed by atoms with E-state index >= 15 is 0 Å².